The van der Waals surface area contributed by atoms with Crippen LogP contribution in [-0.2, 0) is 6.54 Å². The lowest BCUT2D eigenvalue weighted by Crippen LogP contribution is -2.48. The minimum absolute atomic E-state index is 0.0282. The molecule has 0 radical (unpaired) electrons. The Balaban J connectivity index is 1.33. The van der Waals surface area contributed by atoms with Crippen LogP contribution in [0.25, 0.3) is 10.7 Å². The molecule has 140 valence electrons. The predicted molar refractivity (Wildman–Crippen MR) is 102 cm³/mol. The van der Waals surface area contributed by atoms with Crippen LogP contribution in [0.5, 0.6) is 5.75 Å². The lowest BCUT2D eigenvalue weighted by molar-refractivity contribution is 0.0615. The summed E-state index contributed by atoms with van der Waals surface area (Å²) in [7, 11) is 0. The summed E-state index contributed by atoms with van der Waals surface area (Å²) in [5.74, 6) is 1.07. The van der Waals surface area contributed by atoms with Gasteiger partial charge in [0.1, 0.15) is 5.75 Å². The Morgan fingerprint density at radius 1 is 1.26 bits per heavy atom. The van der Waals surface area contributed by atoms with Crippen molar-refractivity contribution in [1.82, 2.24) is 19.9 Å². The number of thiophene rings is 1. The molecule has 3 heterocycles. The average Bonchev–Trinajstić information content (AvgIpc) is 3.36. The largest absolute Gasteiger partial charge is 0.506 e. The SMILES string of the molecule is O=C(c1ccc(O)c(Cl)c1)N1CCN(Cc2nc(-c3cccs3)no2)CC1. The first-order valence-corrected chi connectivity index (χ1v) is 9.72. The first kappa shape index (κ1) is 18.0. The number of phenolic OH excluding ortho intramolecular Hbond substituents is 1. The zero-order valence-corrected chi connectivity index (χ0v) is 15.9. The molecule has 3 aromatic rings. The van der Waals surface area contributed by atoms with Crippen LogP contribution in [0.2, 0.25) is 5.02 Å². The Labute approximate surface area is 164 Å². The van der Waals surface area contributed by atoms with Crippen molar-refractivity contribution in [2.24, 2.45) is 0 Å². The van der Waals surface area contributed by atoms with Crippen LogP contribution >= 0.6 is 22.9 Å². The van der Waals surface area contributed by atoms with E-state index in [9.17, 15) is 9.90 Å². The van der Waals surface area contributed by atoms with E-state index >= 15 is 0 Å². The van der Waals surface area contributed by atoms with E-state index in [1.165, 1.54) is 12.1 Å². The second kappa shape index (κ2) is 7.67. The molecular weight excluding hydrogens is 388 g/mol. The van der Waals surface area contributed by atoms with Gasteiger partial charge in [0.25, 0.3) is 5.91 Å². The molecule has 0 saturated carbocycles. The van der Waals surface area contributed by atoms with E-state index in [0.717, 1.165) is 4.88 Å². The van der Waals surface area contributed by atoms with Gasteiger partial charge in [-0.25, -0.2) is 0 Å². The number of hydrogen-bond acceptors (Lipinski definition) is 7. The van der Waals surface area contributed by atoms with E-state index in [2.05, 4.69) is 15.0 Å². The summed E-state index contributed by atoms with van der Waals surface area (Å²) in [5, 5.41) is 15.7. The first-order valence-electron chi connectivity index (χ1n) is 8.47. The van der Waals surface area contributed by atoms with Gasteiger partial charge in [-0.3, -0.25) is 9.69 Å². The van der Waals surface area contributed by atoms with Crippen LogP contribution in [0, 0.1) is 0 Å². The van der Waals surface area contributed by atoms with Crippen molar-refractivity contribution in [1.29, 1.82) is 0 Å². The molecule has 1 aromatic carbocycles. The summed E-state index contributed by atoms with van der Waals surface area (Å²) in [6, 6.07) is 8.43. The smallest absolute Gasteiger partial charge is 0.253 e. The molecule has 1 fully saturated rings. The normalized spacial score (nSPS) is 15.2. The Hall–Kier alpha value is -2.42. The molecule has 0 atom stereocenters. The van der Waals surface area contributed by atoms with Gasteiger partial charge in [0.05, 0.1) is 16.4 Å². The van der Waals surface area contributed by atoms with Crippen molar-refractivity contribution in [2.75, 3.05) is 26.2 Å². The highest BCUT2D eigenvalue weighted by molar-refractivity contribution is 7.13. The lowest BCUT2D eigenvalue weighted by atomic mass is 10.1. The standard InChI is InChI=1S/C18H17ClN4O3S/c19-13-10-12(3-4-14(13)24)18(25)23-7-5-22(6-8-23)11-16-20-17(21-26-16)15-2-1-9-27-15/h1-4,9-10,24H,5-8,11H2. The van der Waals surface area contributed by atoms with Gasteiger partial charge in [0, 0.05) is 31.7 Å². The fourth-order valence-corrected chi connectivity index (χ4v) is 3.78. The Bertz CT molecular complexity index is 936. The van der Waals surface area contributed by atoms with E-state index < -0.39 is 0 Å². The number of aromatic hydroxyl groups is 1. The maximum absolute atomic E-state index is 12.6. The van der Waals surface area contributed by atoms with Crippen LogP contribution in [0.4, 0.5) is 0 Å². The van der Waals surface area contributed by atoms with Crippen molar-refractivity contribution in [3.05, 3.63) is 52.2 Å². The molecule has 1 amide bonds. The third-order valence-electron chi connectivity index (χ3n) is 4.42. The average molecular weight is 405 g/mol. The number of aromatic nitrogens is 2. The molecule has 4 rings (SSSR count). The fraction of sp³-hybridized carbons (Fsp3) is 0.278. The van der Waals surface area contributed by atoms with E-state index in [4.69, 9.17) is 16.1 Å². The molecule has 1 saturated heterocycles. The number of nitrogens with zero attached hydrogens (tertiary/aromatic N) is 4. The fourth-order valence-electron chi connectivity index (χ4n) is 2.95. The molecule has 0 spiro atoms. The Kier molecular flexibility index (Phi) is 5.11. The maximum atomic E-state index is 12.6. The molecule has 27 heavy (non-hydrogen) atoms. The number of halogens is 1. The first-order chi connectivity index (χ1) is 13.1. The molecule has 1 aliphatic heterocycles. The minimum Gasteiger partial charge on any atom is -0.506 e. The third kappa shape index (κ3) is 3.97. The van der Waals surface area contributed by atoms with Gasteiger partial charge < -0.3 is 14.5 Å². The van der Waals surface area contributed by atoms with E-state index in [1.54, 1.807) is 22.3 Å². The Morgan fingerprint density at radius 3 is 2.78 bits per heavy atom. The van der Waals surface area contributed by atoms with Crippen LogP contribution in [-0.4, -0.2) is 57.1 Å². The third-order valence-corrected chi connectivity index (χ3v) is 5.59. The predicted octanol–water partition coefficient (Wildman–Crippen LogP) is 3.12. The number of carbonyl (C=O) groups is 1. The summed E-state index contributed by atoms with van der Waals surface area (Å²) in [6.45, 7) is 3.19. The minimum atomic E-state index is -0.0886. The summed E-state index contributed by atoms with van der Waals surface area (Å²) in [4.78, 5) is 22.0. The summed E-state index contributed by atoms with van der Waals surface area (Å²) in [5.41, 5.74) is 0.476. The molecule has 9 heteroatoms. The monoisotopic (exact) mass is 404 g/mol. The molecule has 2 aromatic heterocycles. The molecule has 1 N–H and O–H groups in total. The molecular formula is C18H17ClN4O3S. The number of piperazine rings is 1. The van der Waals surface area contributed by atoms with E-state index in [0.29, 0.717) is 50.0 Å². The summed E-state index contributed by atoms with van der Waals surface area (Å²) in [6.07, 6.45) is 0. The van der Waals surface area contributed by atoms with Crippen molar-refractivity contribution in [2.45, 2.75) is 6.54 Å². The van der Waals surface area contributed by atoms with Gasteiger partial charge in [-0.2, -0.15) is 4.98 Å². The van der Waals surface area contributed by atoms with Crippen LogP contribution in [0.1, 0.15) is 16.2 Å². The number of phenols is 1. The second-order valence-electron chi connectivity index (χ2n) is 6.22. The van der Waals surface area contributed by atoms with Crippen molar-refractivity contribution < 1.29 is 14.4 Å². The number of amides is 1. The maximum Gasteiger partial charge on any atom is 0.253 e. The molecule has 0 bridgehead atoms. The number of hydrogen-bond donors (Lipinski definition) is 1. The van der Waals surface area contributed by atoms with Crippen molar-refractivity contribution in [3.8, 4) is 16.5 Å². The molecule has 7 nitrogen and oxygen atoms in total. The van der Waals surface area contributed by atoms with E-state index in [1.807, 2.05) is 17.5 Å². The topological polar surface area (TPSA) is 82.7 Å². The summed E-state index contributed by atoms with van der Waals surface area (Å²) < 4.78 is 5.34. The van der Waals surface area contributed by atoms with E-state index in [-0.39, 0.29) is 16.7 Å². The molecule has 0 aliphatic carbocycles. The van der Waals surface area contributed by atoms with Crippen LogP contribution < -0.4 is 0 Å². The zero-order chi connectivity index (χ0) is 18.8. The second-order valence-corrected chi connectivity index (χ2v) is 7.58. The van der Waals surface area contributed by atoms with Gasteiger partial charge in [-0.05, 0) is 29.6 Å². The Morgan fingerprint density at radius 2 is 2.07 bits per heavy atom. The van der Waals surface area contributed by atoms with Crippen molar-refractivity contribution in [3.63, 3.8) is 0 Å². The lowest BCUT2D eigenvalue weighted by Gasteiger charge is -2.34. The van der Waals surface area contributed by atoms with Gasteiger partial charge >= 0.3 is 0 Å². The summed E-state index contributed by atoms with van der Waals surface area (Å²) >= 11 is 7.47. The van der Waals surface area contributed by atoms with Gasteiger partial charge in [-0.15, -0.1) is 11.3 Å². The zero-order valence-electron chi connectivity index (χ0n) is 14.3. The van der Waals surface area contributed by atoms with Gasteiger partial charge in [-0.1, -0.05) is 22.8 Å². The molecule has 0 unspecified atom stereocenters. The highest BCUT2D eigenvalue weighted by atomic mass is 35.5. The van der Waals surface area contributed by atoms with Crippen LogP contribution in [0.3, 0.4) is 0 Å². The highest BCUT2D eigenvalue weighted by Crippen LogP contribution is 2.25. The highest BCUT2D eigenvalue weighted by Gasteiger charge is 2.24. The van der Waals surface area contributed by atoms with Crippen molar-refractivity contribution >= 4 is 28.8 Å². The van der Waals surface area contributed by atoms with Gasteiger partial charge in [0.2, 0.25) is 11.7 Å². The number of rotatable bonds is 4. The van der Waals surface area contributed by atoms with Gasteiger partial charge in [0.15, 0.2) is 0 Å². The molecule has 1 aliphatic rings. The quantitative estimate of drug-likeness (QED) is 0.719. The van der Waals surface area contributed by atoms with Crippen LogP contribution in [0.15, 0.2) is 40.2 Å². The number of carbonyl (C=O) groups excluding carboxylic acids is 1. The number of benzene rings is 1.